The molecular weight excluding hydrogens is 489 g/mol. The van der Waals surface area contributed by atoms with Gasteiger partial charge in [-0.15, -0.1) is 0 Å². The molecule has 4 rings (SSSR count). The first-order valence-electron chi connectivity index (χ1n) is 10.1. The first-order valence-corrected chi connectivity index (χ1v) is 12.7. The van der Waals surface area contributed by atoms with Crippen LogP contribution in [0.3, 0.4) is 0 Å². The Balaban J connectivity index is 1.79. The highest BCUT2D eigenvalue weighted by atomic mass is 35.5. The number of aromatic nitrogens is 4. The minimum absolute atomic E-state index is 0.00366. The maximum atomic E-state index is 14.9. The van der Waals surface area contributed by atoms with Crippen molar-refractivity contribution in [2.24, 2.45) is 0 Å². The van der Waals surface area contributed by atoms with Gasteiger partial charge in [-0.05, 0) is 39.8 Å². The first-order chi connectivity index (χ1) is 16.1. The second kappa shape index (κ2) is 9.39. The molecule has 0 radical (unpaired) electrons. The molecule has 0 fully saturated rings. The van der Waals surface area contributed by atoms with Crippen LogP contribution in [0.1, 0.15) is 16.8 Å². The molecule has 3 aromatic heterocycles. The number of benzene rings is 1. The van der Waals surface area contributed by atoms with Gasteiger partial charge < -0.3 is 5.32 Å². The van der Waals surface area contributed by atoms with Crippen LogP contribution in [-0.2, 0) is 12.7 Å². The van der Waals surface area contributed by atoms with Crippen LogP contribution in [-0.4, -0.2) is 33.3 Å². The van der Waals surface area contributed by atoms with Crippen molar-refractivity contribution in [1.82, 2.24) is 19.9 Å². The fourth-order valence-corrected chi connectivity index (χ4v) is 4.21. The van der Waals surface area contributed by atoms with Gasteiger partial charge in [-0.2, -0.15) is 13.2 Å². The first kappa shape index (κ1) is 24.2. The third-order valence-electron chi connectivity index (χ3n) is 5.11. The van der Waals surface area contributed by atoms with Gasteiger partial charge in [0, 0.05) is 30.6 Å². The summed E-state index contributed by atoms with van der Waals surface area (Å²) in [5.74, 6) is -0.623. The van der Waals surface area contributed by atoms with Crippen molar-refractivity contribution < 1.29 is 17.6 Å². The standard InChI is InChI=1S/C23H19ClF4N5P/c1-12-18(24)21(29-9-13-6-4-5-7-15(13)23(26,27)28)20-17(32-12)8-16(25)19(33-20)14-10-30-22(31-11-14)34(2)3/h4-8,10-11H,9H2,1-3H3,(H,29,32). The molecule has 0 spiro atoms. The zero-order valence-electron chi connectivity index (χ0n) is 18.4. The topological polar surface area (TPSA) is 63.6 Å². The van der Waals surface area contributed by atoms with E-state index >= 15 is 0 Å². The Morgan fingerprint density at radius 2 is 1.74 bits per heavy atom. The van der Waals surface area contributed by atoms with E-state index in [-0.39, 0.29) is 39.5 Å². The van der Waals surface area contributed by atoms with Gasteiger partial charge in [0.05, 0.1) is 27.5 Å². The van der Waals surface area contributed by atoms with E-state index in [1.807, 2.05) is 13.3 Å². The quantitative estimate of drug-likeness (QED) is 0.258. The molecule has 176 valence electrons. The second-order valence-electron chi connectivity index (χ2n) is 7.75. The molecule has 0 unspecified atom stereocenters. The van der Waals surface area contributed by atoms with E-state index in [2.05, 4.69) is 25.3 Å². The Hall–Kier alpha value is -2.90. The molecular formula is C23H19ClF4N5P. The van der Waals surface area contributed by atoms with E-state index in [1.165, 1.54) is 36.7 Å². The highest BCUT2D eigenvalue weighted by molar-refractivity contribution is 7.63. The third-order valence-corrected chi connectivity index (χ3v) is 6.60. The lowest BCUT2D eigenvalue weighted by atomic mass is 10.1. The van der Waals surface area contributed by atoms with E-state index in [4.69, 9.17) is 11.6 Å². The molecule has 4 aromatic rings. The Morgan fingerprint density at radius 3 is 2.38 bits per heavy atom. The molecule has 0 aliphatic rings. The molecule has 5 nitrogen and oxygen atoms in total. The summed E-state index contributed by atoms with van der Waals surface area (Å²) in [5.41, 5.74) is 1.43. The van der Waals surface area contributed by atoms with E-state index in [0.29, 0.717) is 16.8 Å². The fraction of sp³-hybridized carbons (Fsp3) is 0.217. The summed E-state index contributed by atoms with van der Waals surface area (Å²) >= 11 is 6.46. The maximum Gasteiger partial charge on any atom is 0.416 e. The molecule has 11 heteroatoms. The summed E-state index contributed by atoms with van der Waals surface area (Å²) in [4.78, 5) is 17.3. The number of pyridine rings is 2. The normalized spacial score (nSPS) is 11.9. The number of nitrogens with one attached hydrogen (secondary N) is 1. The molecule has 34 heavy (non-hydrogen) atoms. The van der Waals surface area contributed by atoms with Crippen molar-refractivity contribution in [2.75, 3.05) is 18.6 Å². The van der Waals surface area contributed by atoms with Crippen LogP contribution in [0, 0.1) is 12.7 Å². The molecule has 3 heterocycles. The van der Waals surface area contributed by atoms with Crippen LogP contribution in [0.25, 0.3) is 22.3 Å². The van der Waals surface area contributed by atoms with Crippen LogP contribution in [0.5, 0.6) is 0 Å². The number of rotatable bonds is 5. The minimum Gasteiger partial charge on any atom is -0.378 e. The largest absolute Gasteiger partial charge is 0.416 e. The molecule has 0 saturated carbocycles. The van der Waals surface area contributed by atoms with Gasteiger partial charge in [0.2, 0.25) is 0 Å². The van der Waals surface area contributed by atoms with Crippen molar-refractivity contribution >= 4 is 41.8 Å². The smallest absolute Gasteiger partial charge is 0.378 e. The van der Waals surface area contributed by atoms with Crippen LogP contribution in [0.4, 0.5) is 23.2 Å². The Kier molecular flexibility index (Phi) is 6.69. The number of aryl methyl sites for hydroxylation is 1. The summed E-state index contributed by atoms with van der Waals surface area (Å²) in [7, 11) is -0.518. The number of halogens is 5. The van der Waals surface area contributed by atoms with Crippen LogP contribution in [0.2, 0.25) is 5.02 Å². The number of alkyl halides is 3. The highest BCUT2D eigenvalue weighted by Crippen LogP contribution is 2.36. The van der Waals surface area contributed by atoms with Crippen molar-refractivity contribution in [2.45, 2.75) is 19.6 Å². The Bertz CT molecular complexity index is 1360. The van der Waals surface area contributed by atoms with Crippen molar-refractivity contribution in [3.63, 3.8) is 0 Å². The number of hydrogen-bond donors (Lipinski definition) is 1. The molecule has 1 aromatic carbocycles. The number of anilines is 1. The molecule has 0 saturated heterocycles. The minimum atomic E-state index is -4.50. The predicted octanol–water partition coefficient (Wildman–Crippen LogP) is 6.19. The van der Waals surface area contributed by atoms with Crippen LogP contribution >= 0.6 is 19.5 Å². The molecule has 0 amide bonds. The SMILES string of the molecule is Cc1nc2cc(F)c(-c3cnc(P(C)C)nc3)nc2c(NCc2ccccc2C(F)(F)F)c1Cl. The predicted molar refractivity (Wildman–Crippen MR) is 127 cm³/mol. The summed E-state index contributed by atoms with van der Waals surface area (Å²) < 4.78 is 55.1. The number of hydrogen-bond acceptors (Lipinski definition) is 5. The lowest BCUT2D eigenvalue weighted by Gasteiger charge is -2.17. The van der Waals surface area contributed by atoms with Gasteiger partial charge in [0.1, 0.15) is 16.8 Å². The van der Waals surface area contributed by atoms with Gasteiger partial charge in [-0.1, -0.05) is 29.8 Å². The van der Waals surface area contributed by atoms with Crippen LogP contribution in [0.15, 0.2) is 42.7 Å². The maximum absolute atomic E-state index is 14.9. The van der Waals surface area contributed by atoms with E-state index in [1.54, 1.807) is 6.92 Å². The third kappa shape index (κ3) is 4.81. The van der Waals surface area contributed by atoms with Gasteiger partial charge in [0.25, 0.3) is 0 Å². The molecule has 0 atom stereocenters. The number of fused-ring (bicyclic) bond motifs is 1. The van der Waals surface area contributed by atoms with Crippen LogP contribution < -0.4 is 10.9 Å². The summed E-state index contributed by atoms with van der Waals surface area (Å²) in [6.07, 6.45) is -1.51. The van der Waals surface area contributed by atoms with Gasteiger partial charge in [0.15, 0.2) is 5.82 Å². The molecule has 0 bridgehead atoms. The molecule has 0 aliphatic carbocycles. The van der Waals surface area contributed by atoms with Gasteiger partial charge in [-0.25, -0.2) is 24.3 Å². The Morgan fingerprint density at radius 1 is 1.06 bits per heavy atom. The summed E-state index contributed by atoms with van der Waals surface area (Å²) in [6.45, 7) is 5.47. The summed E-state index contributed by atoms with van der Waals surface area (Å²) in [6, 6.07) is 6.47. The molecule has 1 N–H and O–H groups in total. The lowest BCUT2D eigenvalue weighted by molar-refractivity contribution is -0.138. The van der Waals surface area contributed by atoms with Gasteiger partial charge >= 0.3 is 6.18 Å². The van der Waals surface area contributed by atoms with Crippen molar-refractivity contribution in [1.29, 1.82) is 0 Å². The monoisotopic (exact) mass is 507 g/mol. The summed E-state index contributed by atoms with van der Waals surface area (Å²) in [5, 5.41) is 3.15. The van der Waals surface area contributed by atoms with E-state index in [0.717, 1.165) is 6.07 Å². The lowest BCUT2D eigenvalue weighted by Crippen LogP contribution is -2.12. The van der Waals surface area contributed by atoms with Gasteiger partial charge in [-0.3, -0.25) is 0 Å². The zero-order chi connectivity index (χ0) is 24.6. The molecule has 0 aliphatic heterocycles. The Labute approximate surface area is 199 Å². The van der Waals surface area contributed by atoms with E-state index in [9.17, 15) is 17.6 Å². The average molecular weight is 508 g/mol. The zero-order valence-corrected chi connectivity index (χ0v) is 20.0. The van der Waals surface area contributed by atoms with Crippen molar-refractivity contribution in [3.8, 4) is 11.3 Å². The van der Waals surface area contributed by atoms with E-state index < -0.39 is 25.5 Å². The van der Waals surface area contributed by atoms with Crippen molar-refractivity contribution in [3.05, 3.63) is 70.4 Å². The average Bonchev–Trinajstić information content (AvgIpc) is 2.79. The number of nitrogens with zero attached hydrogens (tertiary/aromatic N) is 4. The second-order valence-corrected chi connectivity index (χ2v) is 10.3. The fourth-order valence-electron chi connectivity index (χ4n) is 3.44. The highest BCUT2D eigenvalue weighted by Gasteiger charge is 2.32.